The average Bonchev–Trinajstić information content (AvgIpc) is 2.54. The number of esters is 1. The third-order valence-electron chi connectivity index (χ3n) is 3.04. The zero-order valence-electron chi connectivity index (χ0n) is 13.0. The first kappa shape index (κ1) is 18.5. The van der Waals surface area contributed by atoms with Crippen molar-refractivity contribution >= 4 is 27.4 Å². The number of anilines is 1. The van der Waals surface area contributed by atoms with E-state index in [9.17, 15) is 26.8 Å². The van der Waals surface area contributed by atoms with Gasteiger partial charge >= 0.3 is 5.97 Å². The number of carbonyl (C=O) groups excluding carboxylic acids is 2. The summed E-state index contributed by atoms with van der Waals surface area (Å²) in [4.78, 5) is 23.5. The van der Waals surface area contributed by atoms with E-state index >= 15 is 0 Å². The number of nitrogens with one attached hydrogen (secondary N) is 1. The molecule has 0 saturated carbocycles. The molecule has 0 radical (unpaired) electrons. The highest BCUT2D eigenvalue weighted by molar-refractivity contribution is 7.90. The van der Waals surface area contributed by atoms with Crippen molar-refractivity contribution < 1.29 is 31.5 Å². The van der Waals surface area contributed by atoms with Crippen LogP contribution in [0.2, 0.25) is 0 Å². The van der Waals surface area contributed by atoms with Crippen LogP contribution in [0, 0.1) is 11.6 Å². The molecule has 1 amide bonds. The van der Waals surface area contributed by atoms with E-state index in [2.05, 4.69) is 5.32 Å². The molecule has 0 bridgehead atoms. The fourth-order valence-electron chi connectivity index (χ4n) is 1.85. The van der Waals surface area contributed by atoms with E-state index in [1.165, 1.54) is 18.2 Å². The molecule has 1 N–H and O–H groups in total. The predicted molar refractivity (Wildman–Crippen MR) is 84.8 cm³/mol. The topological polar surface area (TPSA) is 89.5 Å². The van der Waals surface area contributed by atoms with Crippen LogP contribution in [0.3, 0.4) is 0 Å². The van der Waals surface area contributed by atoms with Crippen molar-refractivity contribution in [3.63, 3.8) is 0 Å². The van der Waals surface area contributed by atoms with Crippen LogP contribution in [0.1, 0.15) is 10.4 Å². The SMILES string of the molecule is CS(=O)(=O)c1cccc(C(=O)OCC(=O)Nc2ccc(F)cc2F)c1. The van der Waals surface area contributed by atoms with Crippen LogP contribution in [0.5, 0.6) is 0 Å². The molecule has 132 valence electrons. The summed E-state index contributed by atoms with van der Waals surface area (Å²) in [6, 6.07) is 7.71. The van der Waals surface area contributed by atoms with Gasteiger partial charge in [-0.05, 0) is 30.3 Å². The summed E-state index contributed by atoms with van der Waals surface area (Å²) in [6.07, 6.45) is 0.988. The Balaban J connectivity index is 1.99. The molecule has 0 heterocycles. The Kier molecular flexibility index (Phi) is 5.48. The maximum absolute atomic E-state index is 13.4. The standard InChI is InChI=1S/C16H13F2NO5S/c1-25(22,23)12-4-2-3-10(7-12)16(21)24-9-15(20)19-14-6-5-11(17)8-13(14)18/h2-8H,9H2,1H3,(H,19,20). The molecule has 2 rings (SSSR count). The minimum atomic E-state index is -3.50. The molecule has 2 aromatic carbocycles. The van der Waals surface area contributed by atoms with E-state index in [-0.39, 0.29) is 16.1 Å². The van der Waals surface area contributed by atoms with Gasteiger partial charge < -0.3 is 10.1 Å². The Morgan fingerprint density at radius 1 is 1.12 bits per heavy atom. The van der Waals surface area contributed by atoms with Gasteiger partial charge in [-0.1, -0.05) is 6.07 Å². The Morgan fingerprint density at radius 2 is 1.84 bits per heavy atom. The van der Waals surface area contributed by atoms with E-state index in [0.717, 1.165) is 24.5 Å². The number of benzene rings is 2. The van der Waals surface area contributed by atoms with E-state index in [1.807, 2.05) is 0 Å². The average molecular weight is 369 g/mol. The Hall–Kier alpha value is -2.81. The molecule has 2 aromatic rings. The van der Waals surface area contributed by atoms with Crippen LogP contribution < -0.4 is 5.32 Å². The Bertz CT molecular complexity index is 928. The molecule has 0 saturated heterocycles. The van der Waals surface area contributed by atoms with Gasteiger partial charge in [0.2, 0.25) is 0 Å². The van der Waals surface area contributed by atoms with Crippen LogP contribution in [0.15, 0.2) is 47.4 Å². The second-order valence-corrected chi connectivity index (χ2v) is 7.06. The Labute approximate surface area is 142 Å². The van der Waals surface area contributed by atoms with Crippen molar-refractivity contribution in [3.8, 4) is 0 Å². The predicted octanol–water partition coefficient (Wildman–Crippen LogP) is 2.16. The van der Waals surface area contributed by atoms with Crippen molar-refractivity contribution in [1.82, 2.24) is 0 Å². The minimum Gasteiger partial charge on any atom is -0.452 e. The zero-order chi connectivity index (χ0) is 18.6. The lowest BCUT2D eigenvalue weighted by molar-refractivity contribution is -0.119. The van der Waals surface area contributed by atoms with E-state index < -0.39 is 40.0 Å². The first-order valence-electron chi connectivity index (χ1n) is 6.89. The van der Waals surface area contributed by atoms with Crippen molar-refractivity contribution in [3.05, 3.63) is 59.7 Å². The molecule has 0 fully saturated rings. The summed E-state index contributed by atoms with van der Waals surface area (Å²) in [5, 5.41) is 2.13. The molecule has 6 nitrogen and oxygen atoms in total. The minimum absolute atomic E-state index is 0.0521. The normalized spacial score (nSPS) is 11.0. The molecule has 0 aromatic heterocycles. The highest BCUT2D eigenvalue weighted by atomic mass is 32.2. The quantitative estimate of drug-likeness (QED) is 0.816. The third kappa shape index (κ3) is 5.08. The molecule has 0 aliphatic heterocycles. The van der Waals surface area contributed by atoms with Gasteiger partial charge in [-0.25, -0.2) is 22.0 Å². The lowest BCUT2D eigenvalue weighted by atomic mass is 10.2. The molecule has 25 heavy (non-hydrogen) atoms. The van der Waals surface area contributed by atoms with Gasteiger partial charge in [-0.2, -0.15) is 0 Å². The fraction of sp³-hybridized carbons (Fsp3) is 0.125. The maximum Gasteiger partial charge on any atom is 0.338 e. The van der Waals surface area contributed by atoms with Gasteiger partial charge in [-0.15, -0.1) is 0 Å². The van der Waals surface area contributed by atoms with E-state index in [4.69, 9.17) is 4.74 Å². The monoisotopic (exact) mass is 369 g/mol. The molecule has 0 aliphatic rings. The number of hydrogen-bond donors (Lipinski definition) is 1. The van der Waals surface area contributed by atoms with Gasteiger partial charge in [0.1, 0.15) is 11.6 Å². The van der Waals surface area contributed by atoms with Gasteiger partial charge in [0, 0.05) is 12.3 Å². The summed E-state index contributed by atoms with van der Waals surface area (Å²) in [7, 11) is -3.50. The number of ether oxygens (including phenoxy) is 1. The molecule has 0 atom stereocenters. The first-order chi connectivity index (χ1) is 11.7. The van der Waals surface area contributed by atoms with Gasteiger partial charge in [0.05, 0.1) is 16.1 Å². The number of sulfone groups is 1. The lowest BCUT2D eigenvalue weighted by Crippen LogP contribution is -2.21. The molecule has 9 heteroatoms. The second kappa shape index (κ2) is 7.39. The second-order valence-electron chi connectivity index (χ2n) is 5.05. The molecular weight excluding hydrogens is 356 g/mol. The smallest absolute Gasteiger partial charge is 0.338 e. The van der Waals surface area contributed by atoms with Crippen LogP contribution >= 0.6 is 0 Å². The molecule has 0 spiro atoms. The van der Waals surface area contributed by atoms with Gasteiger partial charge in [0.15, 0.2) is 16.4 Å². The highest BCUT2D eigenvalue weighted by Crippen LogP contribution is 2.15. The van der Waals surface area contributed by atoms with Crippen LogP contribution in [0.4, 0.5) is 14.5 Å². The number of rotatable bonds is 5. The fourth-order valence-corrected chi connectivity index (χ4v) is 2.51. The number of hydrogen-bond acceptors (Lipinski definition) is 5. The summed E-state index contributed by atoms with van der Waals surface area (Å²) >= 11 is 0. The molecule has 0 unspecified atom stereocenters. The van der Waals surface area contributed by atoms with Crippen LogP contribution in [-0.2, 0) is 19.4 Å². The number of halogens is 2. The van der Waals surface area contributed by atoms with Crippen molar-refractivity contribution in [2.75, 3.05) is 18.2 Å². The van der Waals surface area contributed by atoms with E-state index in [1.54, 1.807) is 0 Å². The maximum atomic E-state index is 13.4. The van der Waals surface area contributed by atoms with Crippen molar-refractivity contribution in [1.29, 1.82) is 0 Å². The van der Waals surface area contributed by atoms with Gasteiger partial charge in [-0.3, -0.25) is 4.79 Å². The largest absolute Gasteiger partial charge is 0.452 e. The zero-order valence-corrected chi connectivity index (χ0v) is 13.8. The van der Waals surface area contributed by atoms with Crippen molar-refractivity contribution in [2.45, 2.75) is 4.90 Å². The first-order valence-corrected chi connectivity index (χ1v) is 8.78. The number of amides is 1. The van der Waals surface area contributed by atoms with Crippen LogP contribution in [0.25, 0.3) is 0 Å². The molecular formula is C16H13F2NO5S. The van der Waals surface area contributed by atoms with Crippen molar-refractivity contribution in [2.24, 2.45) is 0 Å². The van der Waals surface area contributed by atoms with Crippen LogP contribution in [-0.4, -0.2) is 33.2 Å². The summed E-state index contributed by atoms with van der Waals surface area (Å²) in [5.41, 5.74) is -0.315. The summed E-state index contributed by atoms with van der Waals surface area (Å²) in [5.74, 6) is -3.52. The summed E-state index contributed by atoms with van der Waals surface area (Å²) < 4.78 is 53.8. The number of carbonyl (C=O) groups is 2. The molecule has 0 aliphatic carbocycles. The van der Waals surface area contributed by atoms with Gasteiger partial charge in [0.25, 0.3) is 5.91 Å². The van der Waals surface area contributed by atoms with E-state index in [0.29, 0.717) is 6.07 Å². The summed E-state index contributed by atoms with van der Waals surface area (Å²) in [6.45, 7) is -0.723. The third-order valence-corrected chi connectivity index (χ3v) is 4.15. The highest BCUT2D eigenvalue weighted by Gasteiger charge is 2.15. The lowest BCUT2D eigenvalue weighted by Gasteiger charge is -2.08. The Morgan fingerprint density at radius 3 is 2.48 bits per heavy atom.